The minimum atomic E-state index is -0.452. The fourth-order valence-electron chi connectivity index (χ4n) is 2.32. The average Bonchev–Trinajstić information content (AvgIpc) is 2.45. The van der Waals surface area contributed by atoms with Gasteiger partial charge >= 0.3 is 0 Å². The van der Waals surface area contributed by atoms with E-state index in [9.17, 15) is 4.39 Å². The first-order valence-electron chi connectivity index (χ1n) is 6.67. The Morgan fingerprint density at radius 1 is 1.29 bits per heavy atom. The molecule has 0 saturated heterocycles. The van der Waals surface area contributed by atoms with Crippen molar-refractivity contribution in [2.75, 3.05) is 12.5 Å². The molecule has 0 aliphatic rings. The summed E-state index contributed by atoms with van der Waals surface area (Å²) in [4.78, 5) is 8.84. The van der Waals surface area contributed by atoms with Crippen molar-refractivity contribution in [3.8, 4) is 17.1 Å². The number of hydrogen-bond acceptors (Lipinski definition) is 5. The van der Waals surface area contributed by atoms with Gasteiger partial charge in [-0.3, -0.25) is 0 Å². The lowest BCUT2D eigenvalue weighted by Gasteiger charge is -2.15. The molecule has 0 spiro atoms. The van der Waals surface area contributed by atoms with E-state index in [0.717, 1.165) is 11.3 Å². The van der Waals surface area contributed by atoms with Crippen LogP contribution in [-0.4, -0.2) is 17.1 Å². The highest BCUT2D eigenvalue weighted by molar-refractivity contribution is 5.61. The van der Waals surface area contributed by atoms with Gasteiger partial charge in [0.2, 0.25) is 0 Å². The molecule has 1 heterocycles. The smallest absolute Gasteiger partial charge is 0.165 e. The monoisotopic (exact) mass is 290 g/mol. The van der Waals surface area contributed by atoms with Crippen LogP contribution in [0.4, 0.5) is 10.2 Å². The van der Waals surface area contributed by atoms with Crippen LogP contribution in [0.5, 0.6) is 5.75 Å². The normalized spacial score (nSPS) is 10.8. The van der Waals surface area contributed by atoms with Gasteiger partial charge in [-0.25, -0.2) is 20.2 Å². The van der Waals surface area contributed by atoms with E-state index in [4.69, 9.17) is 10.6 Å². The molecule has 0 fully saturated rings. The molecule has 0 amide bonds. The first-order chi connectivity index (χ1) is 9.97. The fourth-order valence-corrected chi connectivity index (χ4v) is 2.32. The number of halogens is 1. The van der Waals surface area contributed by atoms with Crippen molar-refractivity contribution in [2.24, 2.45) is 5.84 Å². The molecule has 0 unspecified atom stereocenters. The molecule has 3 N–H and O–H groups in total. The number of rotatable bonds is 4. The zero-order chi connectivity index (χ0) is 15.6. The Hall–Kier alpha value is -2.21. The van der Waals surface area contributed by atoms with Crippen LogP contribution in [0.1, 0.15) is 31.0 Å². The van der Waals surface area contributed by atoms with Crippen LogP contribution in [0.2, 0.25) is 0 Å². The highest BCUT2D eigenvalue weighted by Crippen LogP contribution is 2.29. The Bertz CT molecular complexity index is 658. The fraction of sp³-hybridized carbons (Fsp3) is 0.333. The maximum Gasteiger partial charge on any atom is 0.165 e. The molecule has 0 saturated carbocycles. The van der Waals surface area contributed by atoms with Crippen LogP contribution in [0.3, 0.4) is 0 Å². The Labute approximate surface area is 123 Å². The van der Waals surface area contributed by atoms with Crippen LogP contribution in [0.25, 0.3) is 11.4 Å². The van der Waals surface area contributed by atoms with Crippen molar-refractivity contribution in [2.45, 2.75) is 26.7 Å². The minimum Gasteiger partial charge on any atom is -0.494 e. The minimum absolute atomic E-state index is 0.187. The summed E-state index contributed by atoms with van der Waals surface area (Å²) in [7, 11) is 1.42. The number of nitrogens with zero attached hydrogens (tertiary/aromatic N) is 2. The molecule has 0 radical (unpaired) electrons. The highest BCUT2D eigenvalue weighted by atomic mass is 19.1. The van der Waals surface area contributed by atoms with E-state index < -0.39 is 5.82 Å². The third-order valence-corrected chi connectivity index (χ3v) is 3.26. The van der Waals surface area contributed by atoms with Crippen LogP contribution < -0.4 is 16.0 Å². The van der Waals surface area contributed by atoms with Crippen molar-refractivity contribution in [1.82, 2.24) is 9.97 Å². The van der Waals surface area contributed by atoms with Gasteiger partial charge in [0.05, 0.1) is 7.11 Å². The second-order valence-corrected chi connectivity index (χ2v) is 5.04. The van der Waals surface area contributed by atoms with E-state index >= 15 is 0 Å². The predicted molar refractivity (Wildman–Crippen MR) is 80.6 cm³/mol. The first-order valence-corrected chi connectivity index (χ1v) is 6.67. The molecule has 2 aromatic rings. The van der Waals surface area contributed by atoms with Crippen molar-refractivity contribution in [1.29, 1.82) is 0 Å². The van der Waals surface area contributed by atoms with Crippen molar-refractivity contribution >= 4 is 5.82 Å². The quantitative estimate of drug-likeness (QED) is 0.669. The first kappa shape index (κ1) is 15.2. The van der Waals surface area contributed by atoms with E-state index in [-0.39, 0.29) is 11.7 Å². The van der Waals surface area contributed by atoms with E-state index in [1.54, 1.807) is 12.1 Å². The number of benzene rings is 1. The molecule has 21 heavy (non-hydrogen) atoms. The zero-order valence-corrected chi connectivity index (χ0v) is 12.6. The second-order valence-electron chi connectivity index (χ2n) is 5.04. The molecule has 0 aliphatic carbocycles. The van der Waals surface area contributed by atoms with E-state index in [1.807, 2.05) is 20.8 Å². The summed E-state index contributed by atoms with van der Waals surface area (Å²) in [6.45, 7) is 5.97. The molecule has 0 aliphatic heterocycles. The van der Waals surface area contributed by atoms with E-state index in [1.165, 1.54) is 13.2 Å². The van der Waals surface area contributed by atoms with Crippen molar-refractivity contribution in [3.63, 3.8) is 0 Å². The number of ether oxygens (including phenoxy) is 1. The van der Waals surface area contributed by atoms with E-state index in [0.29, 0.717) is 17.2 Å². The molecular weight excluding hydrogens is 271 g/mol. The number of nitrogens with one attached hydrogen (secondary N) is 1. The molecule has 1 aromatic heterocycles. The number of aromatic nitrogens is 2. The van der Waals surface area contributed by atoms with Crippen LogP contribution >= 0.6 is 0 Å². The number of nitrogens with two attached hydrogens (primary N) is 1. The Morgan fingerprint density at radius 3 is 2.52 bits per heavy atom. The van der Waals surface area contributed by atoms with Gasteiger partial charge in [-0.15, -0.1) is 0 Å². The maximum absolute atomic E-state index is 13.8. The Balaban J connectivity index is 2.55. The predicted octanol–water partition coefficient (Wildman–Crippen LogP) is 3.01. The summed E-state index contributed by atoms with van der Waals surface area (Å²) in [6, 6.07) is 4.62. The third kappa shape index (κ3) is 2.95. The average molecular weight is 290 g/mol. The van der Waals surface area contributed by atoms with Gasteiger partial charge in [-0.2, -0.15) is 0 Å². The summed E-state index contributed by atoms with van der Waals surface area (Å²) in [6.07, 6.45) is 0. The molecule has 1 aromatic carbocycles. The molecule has 5 nitrogen and oxygen atoms in total. The molecular formula is C15H19FN4O. The Kier molecular flexibility index (Phi) is 4.37. The highest BCUT2D eigenvalue weighted by Gasteiger charge is 2.16. The lowest BCUT2D eigenvalue weighted by molar-refractivity contribution is 0.386. The molecule has 0 atom stereocenters. The number of hydrogen-bond donors (Lipinski definition) is 2. The number of methoxy groups -OCH3 is 1. The standard InChI is InChI=1S/C15H19FN4O/c1-8(2)13-9(3)18-14(19-15(13)20-17)10-5-6-12(21-4)11(16)7-10/h5-8H,17H2,1-4H3,(H,18,19,20). The zero-order valence-electron chi connectivity index (χ0n) is 12.6. The van der Waals surface area contributed by atoms with Crippen LogP contribution in [0.15, 0.2) is 18.2 Å². The van der Waals surface area contributed by atoms with Gasteiger partial charge in [0, 0.05) is 16.8 Å². The number of nitrogen functional groups attached to an aromatic ring is 1. The van der Waals surface area contributed by atoms with Gasteiger partial charge in [0.1, 0.15) is 5.82 Å². The van der Waals surface area contributed by atoms with Gasteiger partial charge in [-0.1, -0.05) is 13.8 Å². The summed E-state index contributed by atoms with van der Waals surface area (Å²) in [5.41, 5.74) is 4.94. The van der Waals surface area contributed by atoms with Gasteiger partial charge in [0.15, 0.2) is 17.4 Å². The molecule has 6 heteroatoms. The molecule has 112 valence electrons. The van der Waals surface area contributed by atoms with Crippen molar-refractivity contribution in [3.05, 3.63) is 35.3 Å². The summed E-state index contributed by atoms with van der Waals surface area (Å²) >= 11 is 0. The topological polar surface area (TPSA) is 73.1 Å². The maximum atomic E-state index is 13.8. The lowest BCUT2D eigenvalue weighted by atomic mass is 10.0. The van der Waals surface area contributed by atoms with Crippen molar-refractivity contribution < 1.29 is 9.13 Å². The van der Waals surface area contributed by atoms with Gasteiger partial charge < -0.3 is 10.2 Å². The van der Waals surface area contributed by atoms with Crippen LogP contribution in [-0.2, 0) is 0 Å². The van der Waals surface area contributed by atoms with Crippen LogP contribution in [0, 0.1) is 12.7 Å². The second kappa shape index (κ2) is 6.05. The Morgan fingerprint density at radius 2 is 2.00 bits per heavy atom. The SMILES string of the molecule is COc1ccc(-c2nc(C)c(C(C)C)c(NN)n2)cc1F. The number of anilines is 1. The largest absolute Gasteiger partial charge is 0.494 e. The molecule has 0 bridgehead atoms. The number of hydrazine groups is 1. The molecule has 2 rings (SSSR count). The number of aryl methyl sites for hydroxylation is 1. The lowest BCUT2D eigenvalue weighted by Crippen LogP contribution is -2.14. The van der Waals surface area contributed by atoms with E-state index in [2.05, 4.69) is 15.4 Å². The van der Waals surface area contributed by atoms with Gasteiger partial charge in [0.25, 0.3) is 0 Å². The summed E-state index contributed by atoms with van der Waals surface area (Å²) in [5.74, 6) is 6.50. The third-order valence-electron chi connectivity index (χ3n) is 3.26. The summed E-state index contributed by atoms with van der Waals surface area (Å²) < 4.78 is 18.7. The van der Waals surface area contributed by atoms with Gasteiger partial charge in [-0.05, 0) is 31.0 Å². The summed E-state index contributed by atoms with van der Waals surface area (Å²) in [5, 5.41) is 0.